The lowest BCUT2D eigenvalue weighted by atomic mass is 9.93. The maximum absolute atomic E-state index is 12.2. The van der Waals surface area contributed by atoms with Crippen molar-refractivity contribution in [3.63, 3.8) is 0 Å². The van der Waals surface area contributed by atoms with Crippen LogP contribution in [0.25, 0.3) is 0 Å². The topological polar surface area (TPSA) is 41.6 Å². The van der Waals surface area contributed by atoms with Gasteiger partial charge >= 0.3 is 0 Å². The zero-order chi connectivity index (χ0) is 13.0. The molecule has 2 heterocycles. The third-order valence-corrected chi connectivity index (χ3v) is 4.45. The third-order valence-electron chi connectivity index (χ3n) is 4.45. The minimum atomic E-state index is 0.192. The van der Waals surface area contributed by atoms with E-state index < -0.39 is 0 Å². The van der Waals surface area contributed by atoms with E-state index in [-0.39, 0.29) is 18.1 Å². The van der Waals surface area contributed by atoms with Crippen LogP contribution in [-0.2, 0) is 9.53 Å². The van der Waals surface area contributed by atoms with Gasteiger partial charge in [-0.3, -0.25) is 4.79 Å². The highest BCUT2D eigenvalue weighted by atomic mass is 16.5. The van der Waals surface area contributed by atoms with E-state index in [4.69, 9.17) is 4.74 Å². The molecule has 0 spiro atoms. The number of ether oxygens (including phenoxy) is 1. The molecule has 2 atom stereocenters. The quantitative estimate of drug-likeness (QED) is 0.824. The smallest absolute Gasteiger partial charge is 0.222 e. The van der Waals surface area contributed by atoms with Crippen molar-refractivity contribution in [2.24, 2.45) is 5.92 Å². The van der Waals surface area contributed by atoms with Crippen molar-refractivity contribution in [3.05, 3.63) is 0 Å². The number of nitrogens with zero attached hydrogens (tertiary/aromatic N) is 1. The molecular formula is C14H26N2O2. The van der Waals surface area contributed by atoms with Gasteiger partial charge in [0.05, 0.1) is 12.1 Å². The van der Waals surface area contributed by atoms with Crippen LogP contribution in [0.2, 0.25) is 0 Å². The first kappa shape index (κ1) is 13.8. The molecular weight excluding hydrogens is 228 g/mol. The lowest BCUT2D eigenvalue weighted by molar-refractivity contribution is -0.133. The molecule has 0 aliphatic carbocycles. The molecule has 0 aromatic heterocycles. The van der Waals surface area contributed by atoms with Crippen LogP contribution in [0.5, 0.6) is 0 Å². The number of likely N-dealkylation sites (N-methyl/N-ethyl adjacent to an activating group) is 1. The summed E-state index contributed by atoms with van der Waals surface area (Å²) in [6, 6.07) is 0.283. The Morgan fingerprint density at radius 1 is 1.33 bits per heavy atom. The first-order chi connectivity index (χ1) is 8.68. The summed E-state index contributed by atoms with van der Waals surface area (Å²) in [6.07, 6.45) is 5.37. The largest absolute Gasteiger partial charge is 0.376 e. The molecule has 0 aromatic rings. The average Bonchev–Trinajstić information content (AvgIpc) is 2.82. The number of carbonyl (C=O) groups excluding carboxylic acids is 1. The Balaban J connectivity index is 1.73. The molecule has 1 N–H and O–H groups in total. The number of nitrogens with one attached hydrogen (secondary N) is 1. The van der Waals surface area contributed by atoms with Gasteiger partial charge < -0.3 is 15.0 Å². The van der Waals surface area contributed by atoms with Crippen LogP contribution >= 0.6 is 0 Å². The summed E-state index contributed by atoms with van der Waals surface area (Å²) < 4.78 is 5.53. The van der Waals surface area contributed by atoms with Crippen molar-refractivity contribution >= 4 is 5.91 Å². The summed E-state index contributed by atoms with van der Waals surface area (Å²) in [5.74, 6) is 1.02. The maximum atomic E-state index is 12.2. The number of hydrogen-bond acceptors (Lipinski definition) is 3. The number of hydrogen-bond donors (Lipinski definition) is 1. The molecule has 4 heteroatoms. The average molecular weight is 254 g/mol. The van der Waals surface area contributed by atoms with E-state index in [1.54, 1.807) is 0 Å². The lowest BCUT2D eigenvalue weighted by Gasteiger charge is -2.28. The summed E-state index contributed by atoms with van der Waals surface area (Å²) in [6.45, 7) is 5.08. The molecule has 2 rings (SSSR count). The summed E-state index contributed by atoms with van der Waals surface area (Å²) in [5.41, 5.74) is 0. The molecule has 2 saturated heterocycles. The van der Waals surface area contributed by atoms with Crippen molar-refractivity contribution in [2.45, 2.75) is 51.2 Å². The molecule has 18 heavy (non-hydrogen) atoms. The Morgan fingerprint density at radius 3 is 2.67 bits per heavy atom. The van der Waals surface area contributed by atoms with Crippen LogP contribution in [0.1, 0.15) is 39.0 Å². The summed E-state index contributed by atoms with van der Waals surface area (Å²) in [4.78, 5) is 14.1. The van der Waals surface area contributed by atoms with Gasteiger partial charge in [0, 0.05) is 20.1 Å². The SMILES string of the molecule is CC1OCCC1N(C)C(=O)CCC1CCNCC1. The molecule has 2 aliphatic heterocycles. The standard InChI is InChI=1S/C14H26N2O2/c1-11-13(7-10-18-11)16(2)14(17)4-3-12-5-8-15-9-6-12/h11-13,15H,3-10H2,1-2H3. The normalized spacial score (nSPS) is 29.4. The fourth-order valence-corrected chi connectivity index (χ4v) is 3.09. The Labute approximate surface area is 110 Å². The van der Waals surface area contributed by atoms with Crippen molar-refractivity contribution < 1.29 is 9.53 Å². The first-order valence-corrected chi connectivity index (χ1v) is 7.26. The number of amides is 1. The summed E-state index contributed by atoms with van der Waals surface area (Å²) in [7, 11) is 1.93. The van der Waals surface area contributed by atoms with E-state index in [1.807, 2.05) is 11.9 Å². The van der Waals surface area contributed by atoms with Crippen molar-refractivity contribution in [2.75, 3.05) is 26.7 Å². The highest BCUT2D eigenvalue weighted by molar-refractivity contribution is 5.76. The molecule has 0 aromatic carbocycles. The Bertz CT molecular complexity index is 277. The second-order valence-corrected chi connectivity index (χ2v) is 5.67. The van der Waals surface area contributed by atoms with E-state index in [1.165, 1.54) is 12.8 Å². The zero-order valence-corrected chi connectivity index (χ0v) is 11.7. The van der Waals surface area contributed by atoms with Crippen LogP contribution < -0.4 is 5.32 Å². The van der Waals surface area contributed by atoms with Gasteiger partial charge in [0.2, 0.25) is 5.91 Å². The van der Waals surface area contributed by atoms with E-state index in [0.29, 0.717) is 6.42 Å². The van der Waals surface area contributed by atoms with Gasteiger partial charge in [0.15, 0.2) is 0 Å². The van der Waals surface area contributed by atoms with E-state index in [2.05, 4.69) is 12.2 Å². The van der Waals surface area contributed by atoms with Crippen LogP contribution in [0.15, 0.2) is 0 Å². The molecule has 104 valence electrons. The van der Waals surface area contributed by atoms with Crippen LogP contribution in [0, 0.1) is 5.92 Å². The Hall–Kier alpha value is -0.610. The van der Waals surface area contributed by atoms with E-state index in [9.17, 15) is 4.79 Å². The molecule has 0 bridgehead atoms. The van der Waals surface area contributed by atoms with Gasteiger partial charge in [-0.05, 0) is 51.6 Å². The van der Waals surface area contributed by atoms with Gasteiger partial charge in [-0.1, -0.05) is 0 Å². The molecule has 2 fully saturated rings. The number of piperidine rings is 1. The third kappa shape index (κ3) is 3.45. The number of carbonyl (C=O) groups is 1. The molecule has 1 amide bonds. The summed E-state index contributed by atoms with van der Waals surface area (Å²) in [5, 5.41) is 3.36. The highest BCUT2D eigenvalue weighted by Gasteiger charge is 2.30. The van der Waals surface area contributed by atoms with Crippen LogP contribution in [-0.4, -0.2) is 49.7 Å². The lowest BCUT2D eigenvalue weighted by Crippen LogP contribution is -2.41. The molecule has 0 radical (unpaired) electrons. The first-order valence-electron chi connectivity index (χ1n) is 7.26. The second-order valence-electron chi connectivity index (χ2n) is 5.67. The van der Waals surface area contributed by atoms with Gasteiger partial charge in [-0.25, -0.2) is 0 Å². The minimum absolute atomic E-state index is 0.192. The second kappa shape index (κ2) is 6.53. The molecule has 0 saturated carbocycles. The number of rotatable bonds is 4. The van der Waals surface area contributed by atoms with E-state index >= 15 is 0 Å². The highest BCUT2D eigenvalue weighted by Crippen LogP contribution is 2.22. The fraction of sp³-hybridized carbons (Fsp3) is 0.929. The maximum Gasteiger partial charge on any atom is 0.222 e. The van der Waals surface area contributed by atoms with Crippen molar-refractivity contribution in [3.8, 4) is 0 Å². The summed E-state index contributed by atoms with van der Waals surface area (Å²) >= 11 is 0. The molecule has 2 unspecified atom stereocenters. The minimum Gasteiger partial charge on any atom is -0.376 e. The molecule has 4 nitrogen and oxygen atoms in total. The monoisotopic (exact) mass is 254 g/mol. The van der Waals surface area contributed by atoms with Gasteiger partial charge in [-0.2, -0.15) is 0 Å². The molecule has 2 aliphatic rings. The fourth-order valence-electron chi connectivity index (χ4n) is 3.09. The van der Waals surface area contributed by atoms with Gasteiger partial charge in [-0.15, -0.1) is 0 Å². The zero-order valence-electron chi connectivity index (χ0n) is 11.7. The van der Waals surface area contributed by atoms with Crippen molar-refractivity contribution in [1.82, 2.24) is 10.2 Å². The van der Waals surface area contributed by atoms with Gasteiger partial charge in [0.1, 0.15) is 0 Å². The predicted octanol–water partition coefficient (Wildman–Crippen LogP) is 1.40. The van der Waals surface area contributed by atoms with E-state index in [0.717, 1.165) is 38.5 Å². The van der Waals surface area contributed by atoms with Crippen LogP contribution in [0.3, 0.4) is 0 Å². The van der Waals surface area contributed by atoms with Crippen LogP contribution in [0.4, 0.5) is 0 Å². The Kier molecular flexibility index (Phi) is 5.01. The Morgan fingerprint density at radius 2 is 2.06 bits per heavy atom. The predicted molar refractivity (Wildman–Crippen MR) is 71.4 cm³/mol. The van der Waals surface area contributed by atoms with Gasteiger partial charge in [0.25, 0.3) is 0 Å². The van der Waals surface area contributed by atoms with Crippen molar-refractivity contribution in [1.29, 1.82) is 0 Å².